The van der Waals surface area contributed by atoms with Gasteiger partial charge in [0.2, 0.25) is 0 Å². The molecule has 3 rings (SSSR count). The molecule has 26 heavy (non-hydrogen) atoms. The number of rotatable bonds is 4. The van der Waals surface area contributed by atoms with Gasteiger partial charge < -0.3 is 14.2 Å². The standard InChI is InChI=1S/C19H16Br2O5/c20-15-16(26-19(23)13-9-5-2-6-10-13)14(11-24-17(15)21)25-18(22)12-7-3-1-4-8-12/h1-10,14-17H,11H2/t14-,15-,16+,17+/m1/s1. The van der Waals surface area contributed by atoms with Gasteiger partial charge in [0.05, 0.1) is 22.6 Å². The van der Waals surface area contributed by atoms with E-state index < -0.39 is 24.1 Å². The van der Waals surface area contributed by atoms with Crippen LogP contribution in [-0.4, -0.2) is 40.6 Å². The van der Waals surface area contributed by atoms with Gasteiger partial charge in [0.1, 0.15) is 5.01 Å². The molecular formula is C19H16Br2O5. The molecule has 2 aromatic rings. The van der Waals surface area contributed by atoms with Crippen LogP contribution in [0.5, 0.6) is 0 Å². The van der Waals surface area contributed by atoms with Crippen molar-refractivity contribution in [2.45, 2.75) is 22.0 Å². The van der Waals surface area contributed by atoms with Crippen LogP contribution in [0.25, 0.3) is 0 Å². The molecule has 0 aliphatic carbocycles. The number of hydrogen-bond donors (Lipinski definition) is 0. The molecule has 1 aliphatic heterocycles. The van der Waals surface area contributed by atoms with Crippen LogP contribution >= 0.6 is 31.9 Å². The molecule has 2 aromatic carbocycles. The van der Waals surface area contributed by atoms with Crippen molar-refractivity contribution in [1.82, 2.24) is 0 Å². The maximum atomic E-state index is 12.4. The first-order valence-electron chi connectivity index (χ1n) is 7.98. The lowest BCUT2D eigenvalue weighted by Gasteiger charge is -2.37. The highest BCUT2D eigenvalue weighted by Gasteiger charge is 2.43. The maximum Gasteiger partial charge on any atom is 0.338 e. The molecule has 0 aromatic heterocycles. The second kappa shape index (κ2) is 8.79. The van der Waals surface area contributed by atoms with Crippen molar-refractivity contribution in [2.75, 3.05) is 6.61 Å². The van der Waals surface area contributed by atoms with E-state index in [1.807, 2.05) is 12.1 Å². The summed E-state index contributed by atoms with van der Waals surface area (Å²) < 4.78 is 16.7. The Hall–Kier alpha value is -1.70. The zero-order valence-electron chi connectivity index (χ0n) is 13.6. The minimum atomic E-state index is -0.728. The van der Waals surface area contributed by atoms with E-state index in [9.17, 15) is 9.59 Å². The summed E-state index contributed by atoms with van der Waals surface area (Å²) >= 11 is 6.85. The molecule has 1 fully saturated rings. The van der Waals surface area contributed by atoms with Crippen molar-refractivity contribution < 1.29 is 23.8 Å². The van der Waals surface area contributed by atoms with E-state index in [1.165, 1.54) is 0 Å². The first-order valence-corrected chi connectivity index (χ1v) is 9.81. The third-order valence-electron chi connectivity index (χ3n) is 3.87. The van der Waals surface area contributed by atoms with Gasteiger partial charge in [0.25, 0.3) is 0 Å². The van der Waals surface area contributed by atoms with Crippen molar-refractivity contribution in [1.29, 1.82) is 0 Å². The van der Waals surface area contributed by atoms with Crippen molar-refractivity contribution in [2.24, 2.45) is 0 Å². The zero-order chi connectivity index (χ0) is 18.5. The maximum absolute atomic E-state index is 12.4. The molecule has 1 aliphatic rings. The highest BCUT2D eigenvalue weighted by atomic mass is 79.9. The number of alkyl halides is 2. The van der Waals surface area contributed by atoms with Crippen molar-refractivity contribution in [3.05, 3.63) is 71.8 Å². The second-order valence-electron chi connectivity index (χ2n) is 5.67. The van der Waals surface area contributed by atoms with E-state index in [0.717, 1.165) is 0 Å². The fraction of sp³-hybridized carbons (Fsp3) is 0.263. The van der Waals surface area contributed by atoms with E-state index in [2.05, 4.69) is 31.9 Å². The van der Waals surface area contributed by atoms with Crippen LogP contribution in [-0.2, 0) is 14.2 Å². The van der Waals surface area contributed by atoms with Crippen molar-refractivity contribution in [3.63, 3.8) is 0 Å². The van der Waals surface area contributed by atoms with E-state index in [1.54, 1.807) is 48.5 Å². The second-order valence-corrected chi connectivity index (χ2v) is 7.63. The van der Waals surface area contributed by atoms with Crippen LogP contribution < -0.4 is 0 Å². The summed E-state index contributed by atoms with van der Waals surface area (Å²) in [4.78, 5) is 24.4. The molecule has 0 radical (unpaired) electrons. The minimum absolute atomic E-state index is 0.114. The van der Waals surface area contributed by atoms with Gasteiger partial charge >= 0.3 is 11.9 Å². The molecule has 0 bridgehead atoms. The number of esters is 2. The molecule has 0 spiro atoms. The van der Waals surface area contributed by atoms with E-state index in [0.29, 0.717) is 11.1 Å². The quantitative estimate of drug-likeness (QED) is 0.486. The van der Waals surface area contributed by atoms with Crippen LogP contribution in [0, 0.1) is 0 Å². The largest absolute Gasteiger partial charge is 0.453 e. The molecule has 0 unspecified atom stereocenters. The van der Waals surface area contributed by atoms with Crippen LogP contribution in [0.15, 0.2) is 60.7 Å². The molecule has 7 heteroatoms. The van der Waals surface area contributed by atoms with Gasteiger partial charge in [0.15, 0.2) is 12.2 Å². The third kappa shape index (κ3) is 4.52. The van der Waals surface area contributed by atoms with Gasteiger partial charge in [-0.05, 0) is 24.3 Å². The molecule has 5 nitrogen and oxygen atoms in total. The van der Waals surface area contributed by atoms with E-state index >= 15 is 0 Å². The summed E-state index contributed by atoms with van der Waals surface area (Å²) in [7, 11) is 0. The first-order chi connectivity index (χ1) is 12.6. The van der Waals surface area contributed by atoms with Crippen molar-refractivity contribution >= 4 is 43.8 Å². The zero-order valence-corrected chi connectivity index (χ0v) is 16.8. The van der Waals surface area contributed by atoms with Gasteiger partial charge in [0, 0.05) is 0 Å². The summed E-state index contributed by atoms with van der Waals surface area (Å²) in [5.41, 5.74) is 0.852. The first kappa shape index (κ1) is 19.1. The minimum Gasteiger partial charge on any atom is -0.453 e. The van der Waals surface area contributed by atoms with Gasteiger partial charge in [-0.2, -0.15) is 0 Å². The Kier molecular flexibility index (Phi) is 6.45. The Labute approximate surface area is 167 Å². The highest BCUT2D eigenvalue weighted by molar-refractivity contribution is 9.12. The fourth-order valence-electron chi connectivity index (χ4n) is 2.52. The average molecular weight is 484 g/mol. The summed E-state index contributed by atoms with van der Waals surface area (Å²) in [5.74, 6) is -0.977. The van der Waals surface area contributed by atoms with Crippen LogP contribution in [0.2, 0.25) is 0 Å². The number of carbonyl (C=O) groups is 2. The van der Waals surface area contributed by atoms with Gasteiger partial charge in [-0.15, -0.1) is 0 Å². The number of hydrogen-bond acceptors (Lipinski definition) is 5. The fourth-order valence-corrected chi connectivity index (χ4v) is 3.57. The smallest absolute Gasteiger partial charge is 0.338 e. The Balaban J connectivity index is 1.74. The number of carbonyl (C=O) groups excluding carboxylic acids is 2. The molecule has 1 saturated heterocycles. The molecule has 0 N–H and O–H groups in total. The average Bonchev–Trinajstić information content (AvgIpc) is 2.68. The van der Waals surface area contributed by atoms with Crippen LogP contribution in [0.4, 0.5) is 0 Å². The summed E-state index contributed by atoms with van der Waals surface area (Å²) in [5, 5.41) is -0.372. The topological polar surface area (TPSA) is 61.8 Å². The summed E-state index contributed by atoms with van der Waals surface area (Å²) in [6, 6.07) is 17.3. The Morgan fingerprint density at radius 1 is 0.846 bits per heavy atom. The summed E-state index contributed by atoms with van der Waals surface area (Å²) in [6.07, 6.45) is -1.43. The molecule has 0 saturated carbocycles. The van der Waals surface area contributed by atoms with Gasteiger partial charge in [-0.25, -0.2) is 9.59 Å². The lowest BCUT2D eigenvalue weighted by atomic mass is 10.1. The monoisotopic (exact) mass is 482 g/mol. The van der Waals surface area contributed by atoms with E-state index in [4.69, 9.17) is 14.2 Å². The third-order valence-corrected chi connectivity index (χ3v) is 6.42. The van der Waals surface area contributed by atoms with Gasteiger partial charge in [-0.3, -0.25) is 0 Å². The molecular weight excluding hydrogens is 468 g/mol. The highest BCUT2D eigenvalue weighted by Crippen LogP contribution is 2.30. The predicted octanol–water partition coefficient (Wildman–Crippen LogP) is 3.95. The Morgan fingerprint density at radius 2 is 1.35 bits per heavy atom. The molecule has 0 amide bonds. The van der Waals surface area contributed by atoms with Crippen LogP contribution in [0.1, 0.15) is 20.7 Å². The summed E-state index contributed by atoms with van der Waals surface area (Å²) in [6.45, 7) is 0.114. The van der Waals surface area contributed by atoms with Gasteiger partial charge in [-0.1, -0.05) is 68.3 Å². The number of halogens is 2. The SMILES string of the molecule is O=C(O[C@@H]1[C@@H](Br)[C@@H](Br)OC[C@H]1OC(=O)c1ccccc1)c1ccccc1. The van der Waals surface area contributed by atoms with Crippen LogP contribution in [0.3, 0.4) is 0 Å². The predicted molar refractivity (Wildman–Crippen MR) is 103 cm³/mol. The van der Waals surface area contributed by atoms with E-state index in [-0.39, 0.29) is 16.4 Å². The lowest BCUT2D eigenvalue weighted by molar-refractivity contribution is -0.102. The normalized spacial score (nSPS) is 25.3. The number of benzene rings is 2. The molecule has 1 heterocycles. The number of ether oxygens (including phenoxy) is 3. The Morgan fingerprint density at radius 3 is 1.88 bits per heavy atom. The molecule has 136 valence electrons. The van der Waals surface area contributed by atoms with Crippen molar-refractivity contribution in [3.8, 4) is 0 Å². The lowest BCUT2D eigenvalue weighted by Crippen LogP contribution is -2.52. The Bertz CT molecular complexity index is 753. The molecule has 4 atom stereocenters.